The summed E-state index contributed by atoms with van der Waals surface area (Å²) in [6, 6.07) is 0.0766. The number of aliphatic carboxylic acids is 1. The molecule has 1 amide bonds. The number of carboxylic acid groups (broad SMARTS) is 1. The predicted octanol–water partition coefficient (Wildman–Crippen LogP) is 0.538. The Labute approximate surface area is 116 Å². The number of nitrogens with one attached hydrogen (secondary N) is 1. The lowest BCUT2D eigenvalue weighted by atomic mass is 10.1. The zero-order chi connectivity index (χ0) is 14.7. The number of rotatable bonds is 5. The van der Waals surface area contributed by atoms with Crippen LogP contribution in [-0.2, 0) is 9.59 Å². The Morgan fingerprint density at radius 1 is 1.50 bits per heavy atom. The number of nitrogens with zero attached hydrogens (tertiary/aromatic N) is 3. The van der Waals surface area contributed by atoms with Crippen molar-refractivity contribution in [3.63, 3.8) is 0 Å². The zero-order valence-corrected chi connectivity index (χ0v) is 11.5. The summed E-state index contributed by atoms with van der Waals surface area (Å²) in [5, 5.41) is 19.0. The maximum atomic E-state index is 11.8. The van der Waals surface area contributed by atoms with E-state index in [1.54, 1.807) is 4.90 Å². The highest BCUT2D eigenvalue weighted by molar-refractivity contribution is 5.90. The molecule has 8 nitrogen and oxygen atoms in total. The highest BCUT2D eigenvalue weighted by Gasteiger charge is 2.29. The highest BCUT2D eigenvalue weighted by atomic mass is 16.4. The van der Waals surface area contributed by atoms with Gasteiger partial charge in [-0.05, 0) is 13.0 Å². The number of carboxylic acids is 1. The second kappa shape index (κ2) is 6.00. The maximum absolute atomic E-state index is 11.8. The number of amides is 1. The van der Waals surface area contributed by atoms with Crippen LogP contribution in [0.25, 0.3) is 0 Å². The number of carbonyl (C=O) groups excluding carboxylic acids is 1. The molecule has 2 N–H and O–H groups in total. The molecule has 1 fully saturated rings. The first kappa shape index (κ1) is 14.4. The van der Waals surface area contributed by atoms with Gasteiger partial charge in [0.25, 0.3) is 0 Å². The lowest BCUT2D eigenvalue weighted by molar-refractivity contribution is -0.141. The van der Waals surface area contributed by atoms with Crippen molar-refractivity contribution in [3.05, 3.63) is 5.89 Å². The predicted molar refractivity (Wildman–Crippen MR) is 69.2 cm³/mol. The molecule has 1 aromatic rings. The van der Waals surface area contributed by atoms with Crippen LogP contribution in [0.15, 0.2) is 4.42 Å². The average Bonchev–Trinajstić information content (AvgIpc) is 2.98. The lowest BCUT2D eigenvalue weighted by Crippen LogP contribution is -2.32. The van der Waals surface area contributed by atoms with Crippen molar-refractivity contribution in [1.82, 2.24) is 15.1 Å². The van der Waals surface area contributed by atoms with Crippen LogP contribution in [0.2, 0.25) is 0 Å². The zero-order valence-electron chi connectivity index (χ0n) is 11.5. The Balaban J connectivity index is 1.82. The molecule has 8 heteroatoms. The molecular weight excluding hydrogens is 264 g/mol. The van der Waals surface area contributed by atoms with E-state index in [0.29, 0.717) is 25.4 Å². The summed E-state index contributed by atoms with van der Waals surface area (Å²) in [5.41, 5.74) is 0. The van der Waals surface area contributed by atoms with Gasteiger partial charge in [0, 0.05) is 12.5 Å². The second-order valence-electron chi connectivity index (χ2n) is 5.21. The smallest absolute Gasteiger partial charge is 0.322 e. The minimum Gasteiger partial charge on any atom is -0.481 e. The van der Waals surface area contributed by atoms with Crippen molar-refractivity contribution in [3.8, 4) is 0 Å². The third-order valence-corrected chi connectivity index (χ3v) is 3.17. The molecule has 20 heavy (non-hydrogen) atoms. The minimum absolute atomic E-state index is 0.0766. The van der Waals surface area contributed by atoms with Gasteiger partial charge in [0.2, 0.25) is 11.8 Å². The van der Waals surface area contributed by atoms with Gasteiger partial charge < -0.3 is 9.52 Å². The van der Waals surface area contributed by atoms with E-state index < -0.39 is 11.9 Å². The molecule has 1 unspecified atom stereocenters. The molecule has 1 atom stereocenters. The van der Waals surface area contributed by atoms with Gasteiger partial charge in [0.15, 0.2) is 0 Å². The summed E-state index contributed by atoms with van der Waals surface area (Å²) in [7, 11) is 0. The van der Waals surface area contributed by atoms with E-state index >= 15 is 0 Å². The largest absolute Gasteiger partial charge is 0.481 e. The number of aromatic nitrogens is 2. The molecule has 0 radical (unpaired) electrons. The van der Waals surface area contributed by atoms with E-state index in [9.17, 15) is 9.59 Å². The molecule has 1 aliphatic rings. The van der Waals surface area contributed by atoms with Gasteiger partial charge in [0.1, 0.15) is 0 Å². The molecule has 2 heterocycles. The summed E-state index contributed by atoms with van der Waals surface area (Å²) in [6.07, 6.45) is 0.570. The Bertz CT molecular complexity index is 499. The van der Waals surface area contributed by atoms with Gasteiger partial charge in [-0.2, -0.15) is 0 Å². The van der Waals surface area contributed by atoms with E-state index in [1.165, 1.54) is 0 Å². The molecular formula is C12H18N4O4. The van der Waals surface area contributed by atoms with Gasteiger partial charge in [-0.25, -0.2) is 0 Å². The standard InChI is InChI=1S/C12H18N4O4/c1-7(2)10-14-15-12(20-10)13-9(17)6-16-4-3-8(5-16)11(18)19/h7-8H,3-6H2,1-2H3,(H,18,19)(H,13,15,17). The Hall–Kier alpha value is -1.96. The quantitative estimate of drug-likeness (QED) is 0.811. The normalized spacial score (nSPS) is 19.4. The summed E-state index contributed by atoms with van der Waals surface area (Å²) in [4.78, 5) is 24.4. The molecule has 1 aromatic heterocycles. The van der Waals surface area contributed by atoms with E-state index in [-0.39, 0.29) is 24.4 Å². The Morgan fingerprint density at radius 2 is 2.25 bits per heavy atom. The Kier molecular flexibility index (Phi) is 4.33. The van der Waals surface area contributed by atoms with E-state index in [0.717, 1.165) is 0 Å². The van der Waals surface area contributed by atoms with Crippen LogP contribution < -0.4 is 5.32 Å². The molecule has 2 rings (SSSR count). The third-order valence-electron chi connectivity index (χ3n) is 3.17. The average molecular weight is 282 g/mol. The number of carbonyl (C=O) groups is 2. The van der Waals surface area contributed by atoms with Crippen molar-refractivity contribution < 1.29 is 19.1 Å². The Morgan fingerprint density at radius 3 is 2.80 bits per heavy atom. The molecule has 0 aliphatic carbocycles. The van der Waals surface area contributed by atoms with Crippen molar-refractivity contribution >= 4 is 17.9 Å². The molecule has 0 spiro atoms. The van der Waals surface area contributed by atoms with Crippen LogP contribution in [0.5, 0.6) is 0 Å². The fourth-order valence-electron chi connectivity index (χ4n) is 2.06. The van der Waals surface area contributed by atoms with Crippen molar-refractivity contribution in [1.29, 1.82) is 0 Å². The number of hydrogen-bond donors (Lipinski definition) is 2. The highest BCUT2D eigenvalue weighted by Crippen LogP contribution is 2.17. The van der Waals surface area contributed by atoms with Crippen molar-refractivity contribution in [2.75, 3.05) is 25.0 Å². The van der Waals surface area contributed by atoms with Crippen LogP contribution in [0.3, 0.4) is 0 Å². The van der Waals surface area contributed by atoms with Gasteiger partial charge in [-0.15, -0.1) is 5.10 Å². The van der Waals surface area contributed by atoms with Crippen LogP contribution in [0.1, 0.15) is 32.1 Å². The van der Waals surface area contributed by atoms with Gasteiger partial charge in [0.05, 0.1) is 12.5 Å². The molecule has 0 bridgehead atoms. The molecule has 1 aliphatic heterocycles. The summed E-state index contributed by atoms with van der Waals surface area (Å²) >= 11 is 0. The first-order valence-corrected chi connectivity index (χ1v) is 6.54. The van der Waals surface area contributed by atoms with Crippen LogP contribution in [-0.4, -0.2) is 51.7 Å². The van der Waals surface area contributed by atoms with E-state index in [2.05, 4.69) is 15.5 Å². The minimum atomic E-state index is -0.814. The van der Waals surface area contributed by atoms with Gasteiger partial charge in [-0.3, -0.25) is 19.8 Å². The third kappa shape index (κ3) is 3.53. The van der Waals surface area contributed by atoms with Crippen LogP contribution >= 0.6 is 0 Å². The van der Waals surface area contributed by atoms with Crippen LogP contribution in [0.4, 0.5) is 6.01 Å². The molecule has 0 aromatic carbocycles. The fraction of sp³-hybridized carbons (Fsp3) is 0.667. The van der Waals surface area contributed by atoms with Crippen molar-refractivity contribution in [2.24, 2.45) is 5.92 Å². The number of likely N-dealkylation sites (tertiary alicyclic amines) is 1. The topological polar surface area (TPSA) is 109 Å². The van der Waals surface area contributed by atoms with E-state index in [1.807, 2.05) is 13.8 Å². The molecule has 0 saturated carbocycles. The summed E-state index contributed by atoms with van der Waals surface area (Å²) < 4.78 is 5.27. The van der Waals surface area contributed by atoms with Crippen molar-refractivity contribution in [2.45, 2.75) is 26.2 Å². The summed E-state index contributed by atoms with van der Waals surface area (Å²) in [5.74, 6) is -0.921. The van der Waals surface area contributed by atoms with Gasteiger partial charge >= 0.3 is 12.0 Å². The summed E-state index contributed by atoms with van der Waals surface area (Å²) in [6.45, 7) is 4.95. The lowest BCUT2D eigenvalue weighted by Gasteiger charge is -2.13. The first-order chi connectivity index (χ1) is 9.45. The monoisotopic (exact) mass is 282 g/mol. The fourth-order valence-corrected chi connectivity index (χ4v) is 2.06. The maximum Gasteiger partial charge on any atom is 0.322 e. The SMILES string of the molecule is CC(C)c1nnc(NC(=O)CN2CCC(C(=O)O)C2)o1. The number of anilines is 1. The van der Waals surface area contributed by atoms with Gasteiger partial charge in [-0.1, -0.05) is 18.9 Å². The molecule has 1 saturated heterocycles. The van der Waals surface area contributed by atoms with Crippen LogP contribution in [0, 0.1) is 5.92 Å². The van der Waals surface area contributed by atoms with E-state index in [4.69, 9.17) is 9.52 Å². The first-order valence-electron chi connectivity index (χ1n) is 6.54. The molecule has 110 valence electrons. The number of hydrogen-bond acceptors (Lipinski definition) is 6. The second-order valence-corrected chi connectivity index (χ2v) is 5.21.